The first-order valence-electron chi connectivity index (χ1n) is 11.2. The smallest absolute Gasteiger partial charge is 0.429 e. The third kappa shape index (κ3) is 7.76. The zero-order chi connectivity index (χ0) is 25.9. The van der Waals surface area contributed by atoms with Gasteiger partial charge in [0.25, 0.3) is 0 Å². The predicted octanol–water partition coefficient (Wildman–Crippen LogP) is 5.03. The van der Waals surface area contributed by atoms with E-state index in [4.69, 9.17) is 9.47 Å². The summed E-state index contributed by atoms with van der Waals surface area (Å²) >= 11 is 0. The molecule has 0 saturated heterocycles. The van der Waals surface area contributed by atoms with Crippen molar-refractivity contribution in [1.82, 2.24) is 10.4 Å². The van der Waals surface area contributed by atoms with Crippen LogP contribution in [0.15, 0.2) is 89.9 Å². The summed E-state index contributed by atoms with van der Waals surface area (Å²) in [7, 11) is 0. The molecule has 0 heterocycles. The first-order valence-corrected chi connectivity index (χ1v) is 11.2. The van der Waals surface area contributed by atoms with E-state index in [2.05, 4.69) is 10.4 Å². The topological polar surface area (TPSA) is 97.3 Å². The van der Waals surface area contributed by atoms with E-state index in [1.807, 2.05) is 12.1 Å². The predicted molar refractivity (Wildman–Crippen MR) is 131 cm³/mol. The second-order valence-electron chi connectivity index (χ2n) is 7.78. The molecule has 0 aliphatic heterocycles. The minimum Gasteiger partial charge on any atom is -0.443 e. The van der Waals surface area contributed by atoms with E-state index in [1.54, 1.807) is 55.5 Å². The number of ether oxygens (including phenoxy) is 2. The highest BCUT2D eigenvalue weighted by Gasteiger charge is 2.29. The van der Waals surface area contributed by atoms with E-state index in [-0.39, 0.29) is 18.9 Å². The number of rotatable bonds is 7. The number of amides is 3. The number of nitrogens with zero attached hydrogens (tertiary/aromatic N) is 2. The summed E-state index contributed by atoms with van der Waals surface area (Å²) in [4.78, 5) is 41.6. The van der Waals surface area contributed by atoms with Crippen molar-refractivity contribution in [3.8, 4) is 0 Å². The lowest BCUT2D eigenvalue weighted by molar-refractivity contribution is -0.115. The standard InChI is InChI=1S/C27H26FN3O5/c1-19(25(29-20(2)32)23-13-15-24(28)16-14-23)31(27(34)36-18-22-11-7-4-8-12-22)30-26(33)35-17-21-9-5-3-6-10-21/h3-16,19H,17-18H2,1-2H3,(H,30,33). The van der Waals surface area contributed by atoms with Gasteiger partial charge in [-0.2, -0.15) is 0 Å². The van der Waals surface area contributed by atoms with Crippen LogP contribution >= 0.6 is 0 Å². The van der Waals surface area contributed by atoms with Gasteiger partial charge in [0.05, 0.1) is 11.8 Å². The van der Waals surface area contributed by atoms with E-state index in [9.17, 15) is 18.8 Å². The Morgan fingerprint density at radius 2 is 1.39 bits per heavy atom. The van der Waals surface area contributed by atoms with Crippen LogP contribution in [0.3, 0.4) is 0 Å². The average Bonchev–Trinajstić information content (AvgIpc) is 2.89. The lowest BCUT2D eigenvalue weighted by atomic mass is 10.0. The molecule has 0 spiro atoms. The monoisotopic (exact) mass is 491 g/mol. The van der Waals surface area contributed by atoms with Crippen molar-refractivity contribution in [2.75, 3.05) is 0 Å². The maximum Gasteiger partial charge on any atom is 0.429 e. The van der Waals surface area contributed by atoms with Crippen molar-refractivity contribution in [3.63, 3.8) is 0 Å². The Bertz CT molecular complexity index is 1200. The van der Waals surface area contributed by atoms with Crippen molar-refractivity contribution in [2.24, 2.45) is 4.99 Å². The Morgan fingerprint density at radius 1 is 0.861 bits per heavy atom. The Balaban J connectivity index is 1.83. The fourth-order valence-corrected chi connectivity index (χ4v) is 3.25. The van der Waals surface area contributed by atoms with Gasteiger partial charge < -0.3 is 9.47 Å². The van der Waals surface area contributed by atoms with Crippen LogP contribution in [0.4, 0.5) is 14.0 Å². The fourth-order valence-electron chi connectivity index (χ4n) is 3.25. The lowest BCUT2D eigenvalue weighted by Crippen LogP contribution is -2.54. The third-order valence-corrected chi connectivity index (χ3v) is 5.03. The molecule has 0 radical (unpaired) electrons. The van der Waals surface area contributed by atoms with Crippen LogP contribution < -0.4 is 5.43 Å². The van der Waals surface area contributed by atoms with Gasteiger partial charge in [0.1, 0.15) is 19.0 Å². The molecule has 36 heavy (non-hydrogen) atoms. The molecular weight excluding hydrogens is 465 g/mol. The lowest BCUT2D eigenvalue weighted by Gasteiger charge is -2.29. The summed E-state index contributed by atoms with van der Waals surface area (Å²) in [6.45, 7) is 2.71. The molecule has 186 valence electrons. The maximum absolute atomic E-state index is 13.5. The van der Waals surface area contributed by atoms with Gasteiger partial charge >= 0.3 is 12.2 Å². The molecule has 1 atom stereocenters. The second-order valence-corrected chi connectivity index (χ2v) is 7.78. The zero-order valence-corrected chi connectivity index (χ0v) is 19.9. The van der Waals surface area contributed by atoms with Gasteiger partial charge in [-0.3, -0.25) is 4.79 Å². The van der Waals surface area contributed by atoms with Gasteiger partial charge in [-0.1, -0.05) is 72.8 Å². The molecular formula is C27H26FN3O5. The van der Waals surface area contributed by atoms with Gasteiger partial charge in [0.15, 0.2) is 0 Å². The number of benzene rings is 3. The third-order valence-electron chi connectivity index (χ3n) is 5.03. The van der Waals surface area contributed by atoms with Crippen LogP contribution in [0.2, 0.25) is 0 Å². The van der Waals surface area contributed by atoms with E-state index >= 15 is 0 Å². The van der Waals surface area contributed by atoms with Gasteiger partial charge in [-0.25, -0.2) is 29.4 Å². The number of carbonyl (C=O) groups excluding carboxylic acids is 3. The number of hydrogen-bond donors (Lipinski definition) is 1. The minimum absolute atomic E-state index is 0.0275. The van der Waals surface area contributed by atoms with Gasteiger partial charge in [-0.05, 0) is 35.7 Å². The molecule has 0 bridgehead atoms. The Kier molecular flexibility index (Phi) is 9.27. The van der Waals surface area contributed by atoms with Gasteiger partial charge in [0.2, 0.25) is 5.91 Å². The molecule has 3 aromatic rings. The van der Waals surface area contributed by atoms with Crippen molar-refractivity contribution < 1.29 is 28.2 Å². The Morgan fingerprint density at radius 3 is 1.92 bits per heavy atom. The van der Waals surface area contributed by atoms with Crippen molar-refractivity contribution in [1.29, 1.82) is 0 Å². The van der Waals surface area contributed by atoms with Crippen LogP contribution in [0.25, 0.3) is 0 Å². The molecule has 9 heteroatoms. The summed E-state index contributed by atoms with van der Waals surface area (Å²) in [5.41, 5.74) is 4.40. The quantitative estimate of drug-likeness (QED) is 0.369. The zero-order valence-electron chi connectivity index (χ0n) is 19.9. The number of aliphatic imine (C=N–C) groups is 1. The molecule has 8 nitrogen and oxygen atoms in total. The number of carbonyl (C=O) groups is 3. The summed E-state index contributed by atoms with van der Waals surface area (Å²) in [6, 6.07) is 22.3. The van der Waals surface area contributed by atoms with Crippen molar-refractivity contribution >= 4 is 23.8 Å². The normalized spacial score (nSPS) is 11.8. The Hall–Kier alpha value is -4.53. The second kappa shape index (κ2) is 12.8. The maximum atomic E-state index is 13.5. The number of hydrazine groups is 1. The van der Waals surface area contributed by atoms with Crippen LogP contribution in [0.5, 0.6) is 0 Å². The summed E-state index contributed by atoms with van der Waals surface area (Å²) < 4.78 is 24.1. The van der Waals surface area contributed by atoms with Crippen LogP contribution in [-0.2, 0) is 27.5 Å². The largest absolute Gasteiger partial charge is 0.443 e. The van der Waals surface area contributed by atoms with Crippen molar-refractivity contribution in [3.05, 3.63) is 107 Å². The van der Waals surface area contributed by atoms with Gasteiger partial charge in [-0.15, -0.1) is 0 Å². The number of nitrogens with one attached hydrogen (secondary N) is 1. The van der Waals surface area contributed by atoms with Gasteiger partial charge in [0, 0.05) is 6.92 Å². The first-order chi connectivity index (χ1) is 17.3. The van der Waals surface area contributed by atoms with Crippen LogP contribution in [0.1, 0.15) is 30.5 Å². The molecule has 3 amide bonds. The molecule has 1 unspecified atom stereocenters. The van der Waals surface area contributed by atoms with E-state index in [1.165, 1.54) is 31.2 Å². The van der Waals surface area contributed by atoms with E-state index in [0.29, 0.717) is 5.56 Å². The molecule has 3 aromatic carbocycles. The molecule has 3 rings (SSSR count). The van der Waals surface area contributed by atoms with Crippen LogP contribution in [-0.4, -0.2) is 34.9 Å². The summed E-state index contributed by atoms with van der Waals surface area (Å²) in [5.74, 6) is -1.01. The van der Waals surface area contributed by atoms with E-state index in [0.717, 1.165) is 16.1 Å². The molecule has 1 N–H and O–H groups in total. The Labute approximate surface area is 208 Å². The van der Waals surface area contributed by atoms with Crippen LogP contribution in [0, 0.1) is 5.82 Å². The minimum atomic E-state index is -0.980. The molecule has 0 fully saturated rings. The first kappa shape index (κ1) is 26.1. The number of hydrogen-bond acceptors (Lipinski definition) is 5. The molecule has 0 aliphatic rings. The summed E-state index contributed by atoms with van der Waals surface area (Å²) in [5, 5.41) is 0.890. The average molecular weight is 492 g/mol. The molecule has 0 aromatic heterocycles. The van der Waals surface area contributed by atoms with Crippen molar-refractivity contribution in [2.45, 2.75) is 33.1 Å². The molecule has 0 saturated carbocycles. The highest BCUT2D eigenvalue weighted by Crippen LogP contribution is 2.14. The summed E-state index contributed by atoms with van der Waals surface area (Å²) in [6.07, 6.45) is -1.81. The SMILES string of the molecule is CC(=O)N=C(c1ccc(F)cc1)C(C)N(NC(=O)OCc1ccccc1)C(=O)OCc1ccccc1. The highest BCUT2D eigenvalue weighted by atomic mass is 19.1. The highest BCUT2D eigenvalue weighted by molar-refractivity contribution is 6.10. The number of halogens is 1. The van der Waals surface area contributed by atoms with E-state index < -0.39 is 30.0 Å². The molecule has 0 aliphatic carbocycles. The fraction of sp³-hybridized carbons (Fsp3) is 0.185.